The van der Waals surface area contributed by atoms with Gasteiger partial charge in [-0.15, -0.1) is 0 Å². The van der Waals surface area contributed by atoms with Gasteiger partial charge in [-0.25, -0.2) is 4.98 Å². The summed E-state index contributed by atoms with van der Waals surface area (Å²) in [6, 6.07) is 1.65. The van der Waals surface area contributed by atoms with Gasteiger partial charge in [0.2, 0.25) is 0 Å². The zero-order valence-corrected chi connectivity index (χ0v) is 10.1. The first-order chi connectivity index (χ1) is 7.19. The van der Waals surface area contributed by atoms with Crippen LogP contribution >= 0.6 is 23.2 Å². The number of hydrogen-bond donors (Lipinski definition) is 2. The van der Waals surface area contributed by atoms with Gasteiger partial charge in [-0.2, -0.15) is 0 Å². The molecule has 0 radical (unpaired) electrons. The van der Waals surface area contributed by atoms with Gasteiger partial charge in [0.15, 0.2) is 0 Å². The van der Waals surface area contributed by atoms with Crippen molar-refractivity contribution in [3.63, 3.8) is 0 Å². The topological polar surface area (TPSA) is 46.2 Å². The lowest BCUT2D eigenvalue weighted by molar-refractivity contribution is 0.210. The summed E-state index contributed by atoms with van der Waals surface area (Å²) in [5, 5.41) is 6.92. The summed E-state index contributed by atoms with van der Waals surface area (Å²) in [6.45, 7) is 1.24. The normalized spacial score (nSPS) is 10.1. The van der Waals surface area contributed by atoms with Gasteiger partial charge in [0.1, 0.15) is 11.6 Å². The molecule has 15 heavy (non-hydrogen) atoms. The fourth-order valence-corrected chi connectivity index (χ4v) is 1.56. The van der Waals surface area contributed by atoms with Crippen molar-refractivity contribution in [2.75, 3.05) is 37.9 Å². The fraction of sp³-hybridized carbons (Fsp3) is 0.444. The first-order valence-corrected chi connectivity index (χ1v) is 5.21. The van der Waals surface area contributed by atoms with Crippen LogP contribution in [0.25, 0.3) is 0 Å². The van der Waals surface area contributed by atoms with Crippen molar-refractivity contribution in [2.45, 2.75) is 0 Å². The number of hydrogen-bond acceptors (Lipinski definition) is 4. The number of methoxy groups -OCH3 is 1. The highest BCUT2D eigenvalue weighted by Crippen LogP contribution is 2.28. The molecule has 2 N–H and O–H groups in total. The Balaban J connectivity index is 2.78. The van der Waals surface area contributed by atoms with Crippen LogP contribution in [0.4, 0.5) is 11.6 Å². The maximum Gasteiger partial charge on any atom is 0.147 e. The molecule has 0 amide bonds. The molecule has 1 rings (SSSR count). The average molecular weight is 250 g/mol. The van der Waals surface area contributed by atoms with Crippen LogP contribution in [0.1, 0.15) is 0 Å². The molecule has 0 spiro atoms. The molecule has 0 unspecified atom stereocenters. The van der Waals surface area contributed by atoms with Crippen LogP contribution < -0.4 is 10.6 Å². The lowest BCUT2D eigenvalue weighted by atomic mass is 10.4. The van der Waals surface area contributed by atoms with E-state index in [4.69, 9.17) is 27.9 Å². The Morgan fingerprint density at radius 1 is 1.33 bits per heavy atom. The van der Waals surface area contributed by atoms with E-state index in [1.54, 1.807) is 20.2 Å². The highest BCUT2D eigenvalue weighted by atomic mass is 35.5. The van der Waals surface area contributed by atoms with Crippen LogP contribution in [0, 0.1) is 0 Å². The molecule has 1 aromatic heterocycles. The van der Waals surface area contributed by atoms with Gasteiger partial charge >= 0.3 is 0 Å². The van der Waals surface area contributed by atoms with Crippen LogP contribution in [0.3, 0.4) is 0 Å². The van der Waals surface area contributed by atoms with Gasteiger partial charge in [0.05, 0.1) is 16.7 Å². The molecule has 1 heterocycles. The highest BCUT2D eigenvalue weighted by molar-refractivity contribution is 6.37. The van der Waals surface area contributed by atoms with Crippen molar-refractivity contribution < 1.29 is 4.74 Å². The number of rotatable bonds is 5. The van der Waals surface area contributed by atoms with Crippen LogP contribution in [-0.4, -0.2) is 32.3 Å². The van der Waals surface area contributed by atoms with E-state index in [-0.39, 0.29) is 0 Å². The maximum atomic E-state index is 5.96. The quantitative estimate of drug-likeness (QED) is 0.788. The molecule has 0 atom stereocenters. The predicted octanol–water partition coefficient (Wildman–Crippen LogP) is 2.49. The first kappa shape index (κ1) is 12.4. The van der Waals surface area contributed by atoms with E-state index >= 15 is 0 Å². The molecule has 0 aliphatic rings. The third-order valence-electron chi connectivity index (χ3n) is 1.76. The lowest BCUT2D eigenvalue weighted by Gasteiger charge is -2.10. The number of anilines is 2. The van der Waals surface area contributed by atoms with Gasteiger partial charge in [-0.05, 0) is 6.07 Å². The Kier molecular flexibility index (Phi) is 4.94. The molecule has 0 bridgehead atoms. The number of nitrogens with zero attached hydrogens (tertiary/aromatic N) is 1. The van der Waals surface area contributed by atoms with Crippen LogP contribution in [-0.2, 0) is 4.74 Å². The summed E-state index contributed by atoms with van der Waals surface area (Å²) in [7, 11) is 3.39. The zero-order valence-electron chi connectivity index (χ0n) is 8.60. The molecular formula is C9H13Cl2N3O. The largest absolute Gasteiger partial charge is 0.383 e. The van der Waals surface area contributed by atoms with E-state index < -0.39 is 0 Å². The molecule has 0 aromatic carbocycles. The lowest BCUT2D eigenvalue weighted by Crippen LogP contribution is -2.10. The van der Waals surface area contributed by atoms with Crippen LogP contribution in [0.15, 0.2) is 6.07 Å². The van der Waals surface area contributed by atoms with E-state index in [2.05, 4.69) is 15.6 Å². The Morgan fingerprint density at radius 3 is 2.60 bits per heavy atom. The molecule has 0 saturated carbocycles. The number of halogens is 2. The molecule has 4 nitrogen and oxygen atoms in total. The SMILES string of the molecule is CNc1nc(NCCOC)c(Cl)cc1Cl. The van der Waals surface area contributed by atoms with Gasteiger partial charge < -0.3 is 15.4 Å². The van der Waals surface area contributed by atoms with Crippen molar-refractivity contribution in [1.29, 1.82) is 0 Å². The number of ether oxygens (including phenoxy) is 1. The minimum atomic E-state index is 0.495. The average Bonchev–Trinajstić information content (AvgIpc) is 2.21. The Labute approximate surface area is 98.9 Å². The summed E-state index contributed by atoms with van der Waals surface area (Å²) >= 11 is 11.9. The smallest absolute Gasteiger partial charge is 0.147 e. The second-order valence-corrected chi connectivity index (χ2v) is 3.63. The molecule has 0 saturated heterocycles. The number of aromatic nitrogens is 1. The summed E-state index contributed by atoms with van der Waals surface area (Å²) in [5.41, 5.74) is 0. The van der Waals surface area contributed by atoms with Crippen molar-refractivity contribution in [1.82, 2.24) is 4.98 Å². The summed E-state index contributed by atoms with van der Waals surface area (Å²) < 4.78 is 4.91. The molecule has 0 aliphatic heterocycles. The Bertz CT molecular complexity index is 333. The minimum Gasteiger partial charge on any atom is -0.383 e. The van der Waals surface area contributed by atoms with Gasteiger partial charge in [-0.3, -0.25) is 0 Å². The van der Waals surface area contributed by atoms with E-state index in [9.17, 15) is 0 Å². The number of nitrogens with one attached hydrogen (secondary N) is 2. The molecule has 0 fully saturated rings. The summed E-state index contributed by atoms with van der Waals surface area (Å²) in [5.74, 6) is 1.20. The Hall–Kier alpha value is -0.710. The third-order valence-corrected chi connectivity index (χ3v) is 2.34. The Morgan fingerprint density at radius 2 is 2.00 bits per heavy atom. The van der Waals surface area contributed by atoms with Gasteiger partial charge in [-0.1, -0.05) is 23.2 Å². The van der Waals surface area contributed by atoms with Crippen LogP contribution in [0.5, 0.6) is 0 Å². The van der Waals surface area contributed by atoms with Gasteiger partial charge in [0.25, 0.3) is 0 Å². The van der Waals surface area contributed by atoms with E-state index in [0.717, 1.165) is 0 Å². The van der Waals surface area contributed by atoms with Crippen molar-refractivity contribution in [2.24, 2.45) is 0 Å². The van der Waals surface area contributed by atoms with Crippen molar-refractivity contribution in [3.05, 3.63) is 16.1 Å². The highest BCUT2D eigenvalue weighted by Gasteiger charge is 2.07. The van der Waals surface area contributed by atoms with E-state index in [0.29, 0.717) is 34.8 Å². The summed E-state index contributed by atoms with van der Waals surface area (Å²) in [4.78, 5) is 4.22. The fourth-order valence-electron chi connectivity index (χ4n) is 1.04. The zero-order chi connectivity index (χ0) is 11.3. The molecule has 0 aliphatic carbocycles. The van der Waals surface area contributed by atoms with Crippen LogP contribution in [0.2, 0.25) is 10.0 Å². The third kappa shape index (κ3) is 3.41. The maximum absolute atomic E-state index is 5.96. The van der Waals surface area contributed by atoms with E-state index in [1.165, 1.54) is 0 Å². The molecule has 6 heteroatoms. The predicted molar refractivity (Wildman–Crippen MR) is 64.2 cm³/mol. The van der Waals surface area contributed by atoms with E-state index in [1.807, 2.05) is 0 Å². The molecular weight excluding hydrogens is 237 g/mol. The minimum absolute atomic E-state index is 0.495. The second-order valence-electron chi connectivity index (χ2n) is 2.82. The van der Waals surface area contributed by atoms with Crippen molar-refractivity contribution in [3.8, 4) is 0 Å². The standard InChI is InChI=1S/C9H13Cl2N3O/c1-12-8-6(10)5-7(11)9(14-8)13-3-4-15-2/h5H,3-4H2,1-2H3,(H2,12,13,14). The van der Waals surface area contributed by atoms with Crippen molar-refractivity contribution >= 4 is 34.8 Å². The number of pyridine rings is 1. The monoisotopic (exact) mass is 249 g/mol. The molecule has 1 aromatic rings. The first-order valence-electron chi connectivity index (χ1n) is 4.45. The van der Waals surface area contributed by atoms with Gasteiger partial charge in [0, 0.05) is 20.7 Å². The molecule has 84 valence electrons. The summed E-state index contributed by atoms with van der Waals surface area (Å²) in [6.07, 6.45) is 0. The second kappa shape index (κ2) is 6.00.